The van der Waals surface area contributed by atoms with Crippen molar-refractivity contribution in [1.29, 1.82) is 0 Å². The van der Waals surface area contributed by atoms with E-state index in [1.807, 2.05) is 12.1 Å². The topological polar surface area (TPSA) is 57.8 Å². The number of methoxy groups -OCH3 is 2. The van der Waals surface area contributed by atoms with Crippen molar-refractivity contribution in [2.24, 2.45) is 12.0 Å². The Labute approximate surface area is 176 Å². The monoisotopic (exact) mass is 405 g/mol. The molecule has 0 amide bonds. The Morgan fingerprint density at radius 1 is 0.933 bits per heavy atom. The van der Waals surface area contributed by atoms with Gasteiger partial charge in [0.05, 0.1) is 25.6 Å². The quantitative estimate of drug-likeness (QED) is 0.669. The van der Waals surface area contributed by atoms with Crippen LogP contribution in [0.4, 0.5) is 5.69 Å². The molecule has 6 heteroatoms. The number of aromatic nitrogens is 2. The van der Waals surface area contributed by atoms with E-state index in [1.165, 1.54) is 5.56 Å². The predicted octanol–water partition coefficient (Wildman–Crippen LogP) is 3.58. The molecule has 6 nitrogen and oxygen atoms in total. The van der Waals surface area contributed by atoms with Crippen molar-refractivity contribution in [3.05, 3.63) is 68.6 Å². The molecule has 2 heterocycles. The van der Waals surface area contributed by atoms with Crippen molar-refractivity contribution < 1.29 is 9.47 Å². The molecule has 0 aliphatic carbocycles. The molecule has 0 atom stereocenters. The molecule has 0 bridgehead atoms. The summed E-state index contributed by atoms with van der Waals surface area (Å²) in [5, 5.41) is 0. The normalized spacial score (nSPS) is 13.1. The van der Waals surface area contributed by atoms with E-state index in [9.17, 15) is 4.79 Å². The maximum absolute atomic E-state index is 12.8. The minimum atomic E-state index is -0.0925. The zero-order valence-electron chi connectivity index (χ0n) is 18.4. The van der Waals surface area contributed by atoms with Crippen LogP contribution in [0.15, 0.2) is 40.1 Å². The summed E-state index contributed by atoms with van der Waals surface area (Å²) in [4.78, 5) is 17.8. The van der Waals surface area contributed by atoms with Gasteiger partial charge in [-0.15, -0.1) is 0 Å². The summed E-state index contributed by atoms with van der Waals surface area (Å²) in [6, 6.07) is 9.87. The van der Waals surface area contributed by atoms with E-state index < -0.39 is 0 Å². The van der Waals surface area contributed by atoms with Gasteiger partial charge in [-0.1, -0.05) is 17.7 Å². The molecule has 0 unspecified atom stereocenters. The van der Waals surface area contributed by atoms with Gasteiger partial charge in [0.1, 0.15) is 0 Å². The van der Waals surface area contributed by atoms with Gasteiger partial charge in [0.2, 0.25) is 5.62 Å². The van der Waals surface area contributed by atoms with E-state index >= 15 is 0 Å². The van der Waals surface area contributed by atoms with Crippen LogP contribution in [0.5, 0.6) is 11.5 Å². The van der Waals surface area contributed by atoms with Gasteiger partial charge in [-0.3, -0.25) is 9.36 Å². The first-order valence-corrected chi connectivity index (χ1v) is 10.0. The van der Waals surface area contributed by atoms with Crippen molar-refractivity contribution in [1.82, 2.24) is 9.13 Å². The van der Waals surface area contributed by atoms with E-state index in [1.54, 1.807) is 31.9 Å². The van der Waals surface area contributed by atoms with Crippen LogP contribution in [0.3, 0.4) is 0 Å². The Kier molecular flexibility index (Phi) is 5.02. The molecule has 1 aromatic heterocycles. The molecule has 0 spiro atoms. The zero-order chi connectivity index (χ0) is 21.6. The first-order valence-electron chi connectivity index (χ1n) is 10.0. The maximum atomic E-state index is 12.8. The summed E-state index contributed by atoms with van der Waals surface area (Å²) >= 11 is 0. The smallest absolute Gasteiger partial charge is 0.255 e. The fraction of sp³-hybridized carbons (Fsp3) is 0.333. The number of rotatable bonds is 3. The Morgan fingerprint density at radius 2 is 1.57 bits per heavy atom. The third-order valence-corrected chi connectivity index (χ3v) is 5.76. The lowest BCUT2D eigenvalue weighted by molar-refractivity contribution is 0.354. The molecule has 4 rings (SSSR count). The summed E-state index contributed by atoms with van der Waals surface area (Å²) in [7, 11) is 5.03. The fourth-order valence-electron chi connectivity index (χ4n) is 4.31. The largest absolute Gasteiger partial charge is 0.493 e. The van der Waals surface area contributed by atoms with Crippen LogP contribution >= 0.6 is 0 Å². The molecule has 156 valence electrons. The van der Waals surface area contributed by atoms with E-state index in [2.05, 4.69) is 37.5 Å². The molecule has 0 saturated carbocycles. The second kappa shape index (κ2) is 7.52. The van der Waals surface area contributed by atoms with Gasteiger partial charge in [-0.05, 0) is 56.0 Å². The van der Waals surface area contributed by atoms with Crippen LogP contribution < -0.4 is 20.7 Å². The van der Waals surface area contributed by atoms with Crippen molar-refractivity contribution in [2.45, 2.75) is 33.7 Å². The highest BCUT2D eigenvalue weighted by molar-refractivity contribution is 5.70. The zero-order valence-corrected chi connectivity index (χ0v) is 18.4. The number of hydrogen-bond donors (Lipinski definition) is 0. The van der Waals surface area contributed by atoms with Crippen LogP contribution in [-0.4, -0.2) is 23.4 Å². The predicted molar refractivity (Wildman–Crippen MR) is 118 cm³/mol. The first-order chi connectivity index (χ1) is 14.3. The third kappa shape index (κ3) is 3.22. The lowest BCUT2D eigenvalue weighted by Crippen LogP contribution is -2.40. The highest BCUT2D eigenvalue weighted by Crippen LogP contribution is 2.37. The molecule has 0 saturated heterocycles. The Balaban J connectivity index is 2.03. The summed E-state index contributed by atoms with van der Waals surface area (Å²) in [6.45, 7) is 6.93. The first kappa shape index (κ1) is 20.0. The highest BCUT2D eigenvalue weighted by Gasteiger charge is 2.21. The SMILES string of the molecule is COc1cc2c(cc1OC)-c1cc(=O)n(C)c(=Nc3c(C)cc(C)cc3C)n1CC2. The van der Waals surface area contributed by atoms with Gasteiger partial charge in [-0.25, -0.2) is 4.99 Å². The summed E-state index contributed by atoms with van der Waals surface area (Å²) in [6.07, 6.45) is 0.819. The van der Waals surface area contributed by atoms with Gasteiger partial charge in [0.15, 0.2) is 11.5 Å². The van der Waals surface area contributed by atoms with Crippen molar-refractivity contribution in [3.8, 4) is 22.8 Å². The van der Waals surface area contributed by atoms with Gasteiger partial charge >= 0.3 is 0 Å². The number of fused-ring (bicyclic) bond motifs is 3. The minimum absolute atomic E-state index is 0.0925. The van der Waals surface area contributed by atoms with Crippen LogP contribution in [0.2, 0.25) is 0 Å². The van der Waals surface area contributed by atoms with Gasteiger partial charge in [0.25, 0.3) is 5.56 Å². The number of benzene rings is 2. The fourth-order valence-corrected chi connectivity index (χ4v) is 4.31. The van der Waals surface area contributed by atoms with Crippen molar-refractivity contribution >= 4 is 5.69 Å². The average molecular weight is 405 g/mol. The van der Waals surface area contributed by atoms with Crippen molar-refractivity contribution in [3.63, 3.8) is 0 Å². The van der Waals surface area contributed by atoms with Crippen LogP contribution in [0.25, 0.3) is 11.3 Å². The van der Waals surface area contributed by atoms with Crippen molar-refractivity contribution in [2.75, 3.05) is 14.2 Å². The molecule has 0 fully saturated rings. The van der Waals surface area contributed by atoms with E-state index in [4.69, 9.17) is 14.5 Å². The number of ether oxygens (including phenoxy) is 2. The molecular formula is C24H27N3O3. The Bertz CT molecular complexity index is 1260. The molecule has 2 aromatic carbocycles. The molecule has 0 N–H and O–H groups in total. The average Bonchev–Trinajstić information content (AvgIpc) is 2.71. The Morgan fingerprint density at radius 3 is 2.20 bits per heavy atom. The van der Waals surface area contributed by atoms with Crippen LogP contribution in [-0.2, 0) is 20.0 Å². The maximum Gasteiger partial charge on any atom is 0.255 e. The molecule has 1 aliphatic rings. The molecule has 30 heavy (non-hydrogen) atoms. The summed E-state index contributed by atoms with van der Waals surface area (Å²) < 4.78 is 14.7. The highest BCUT2D eigenvalue weighted by atomic mass is 16.5. The van der Waals surface area contributed by atoms with Crippen LogP contribution in [0.1, 0.15) is 22.3 Å². The Hall–Kier alpha value is -3.28. The lowest BCUT2D eigenvalue weighted by Gasteiger charge is -2.25. The third-order valence-electron chi connectivity index (χ3n) is 5.76. The molecule has 1 aliphatic heterocycles. The number of hydrogen-bond acceptors (Lipinski definition) is 4. The van der Waals surface area contributed by atoms with Gasteiger partial charge in [0, 0.05) is 25.2 Å². The second-order valence-corrected chi connectivity index (χ2v) is 7.85. The second-order valence-electron chi connectivity index (χ2n) is 7.85. The van der Waals surface area contributed by atoms with E-state index in [-0.39, 0.29) is 5.56 Å². The molecule has 0 radical (unpaired) electrons. The molecular weight excluding hydrogens is 378 g/mol. The lowest BCUT2D eigenvalue weighted by atomic mass is 9.97. The number of nitrogens with zero attached hydrogens (tertiary/aromatic N) is 3. The number of aryl methyl sites for hydroxylation is 4. The minimum Gasteiger partial charge on any atom is -0.493 e. The van der Waals surface area contributed by atoms with Gasteiger partial charge in [-0.2, -0.15) is 0 Å². The van der Waals surface area contributed by atoms with E-state index in [0.29, 0.717) is 17.1 Å². The van der Waals surface area contributed by atoms with Crippen LogP contribution in [0, 0.1) is 20.8 Å². The molecule has 3 aromatic rings. The standard InChI is InChI=1S/C24H27N3O3/c1-14-9-15(2)23(16(3)10-14)25-24-26(4)22(28)13-19-18-12-21(30-6)20(29-5)11-17(18)7-8-27(19)24/h9-13H,7-8H2,1-6H3. The van der Waals surface area contributed by atoms with E-state index in [0.717, 1.165) is 46.6 Å². The summed E-state index contributed by atoms with van der Waals surface area (Å²) in [5.41, 5.74) is 7.83. The summed E-state index contributed by atoms with van der Waals surface area (Å²) in [5.74, 6) is 1.35. The van der Waals surface area contributed by atoms with Gasteiger partial charge < -0.3 is 14.0 Å².